The lowest BCUT2D eigenvalue weighted by atomic mass is 10.2. The predicted molar refractivity (Wildman–Crippen MR) is 62.2 cm³/mol. The number of halogens is 1. The van der Waals surface area contributed by atoms with Crippen molar-refractivity contribution in [3.63, 3.8) is 0 Å². The number of rotatable bonds is 3. The van der Waals surface area contributed by atoms with Crippen LogP contribution in [0.5, 0.6) is 0 Å². The van der Waals surface area contributed by atoms with Gasteiger partial charge in [0.1, 0.15) is 18.5 Å². The van der Waals surface area contributed by atoms with Crippen molar-refractivity contribution in [2.24, 2.45) is 0 Å². The highest BCUT2D eigenvalue weighted by molar-refractivity contribution is 9.10. The molecule has 0 atom stereocenters. The highest BCUT2D eigenvalue weighted by Gasteiger charge is 2.13. The number of aromatic nitrogens is 3. The minimum Gasteiger partial charge on any atom is -0.480 e. The number of carboxylic acid groups (broad SMARTS) is 1. The van der Waals surface area contributed by atoms with Crippen LogP contribution in [0, 0.1) is 0 Å². The fourth-order valence-electron chi connectivity index (χ4n) is 1.67. The molecule has 6 heteroatoms. The van der Waals surface area contributed by atoms with Crippen molar-refractivity contribution in [2.75, 3.05) is 0 Å². The van der Waals surface area contributed by atoms with Crippen LogP contribution in [-0.2, 0) is 17.8 Å². The molecule has 1 N–H and O–H groups in total. The van der Waals surface area contributed by atoms with E-state index in [1.54, 1.807) is 10.8 Å². The first-order valence-electron chi connectivity index (χ1n) is 4.83. The van der Waals surface area contributed by atoms with Gasteiger partial charge >= 0.3 is 5.97 Å². The molecule has 5 nitrogen and oxygen atoms in total. The molecule has 84 valence electrons. The molecule has 0 aromatic carbocycles. The van der Waals surface area contributed by atoms with Gasteiger partial charge in [0.2, 0.25) is 0 Å². The topological polar surface area (TPSA) is 68.0 Å². The molecule has 2 rings (SSSR count). The monoisotopic (exact) mass is 283 g/mol. The van der Waals surface area contributed by atoms with E-state index in [1.165, 1.54) is 6.33 Å². The number of aliphatic carboxylic acids is 1. The van der Waals surface area contributed by atoms with Gasteiger partial charge < -0.3 is 9.67 Å². The fourth-order valence-corrected chi connectivity index (χ4v) is 2.32. The van der Waals surface area contributed by atoms with Crippen LogP contribution in [0.15, 0.2) is 17.0 Å². The van der Waals surface area contributed by atoms with Gasteiger partial charge in [0.15, 0.2) is 0 Å². The Hall–Kier alpha value is -1.43. The molecule has 0 aliphatic heterocycles. The molecule has 2 aromatic heterocycles. The van der Waals surface area contributed by atoms with Gasteiger partial charge in [-0.2, -0.15) is 0 Å². The van der Waals surface area contributed by atoms with Crippen LogP contribution >= 0.6 is 15.9 Å². The summed E-state index contributed by atoms with van der Waals surface area (Å²) < 4.78 is 2.43. The summed E-state index contributed by atoms with van der Waals surface area (Å²) in [5, 5.41) is 9.68. The number of hydrogen-bond donors (Lipinski definition) is 1. The third kappa shape index (κ3) is 1.80. The van der Waals surface area contributed by atoms with E-state index >= 15 is 0 Å². The molecule has 0 saturated carbocycles. The second-order valence-electron chi connectivity index (χ2n) is 3.37. The van der Waals surface area contributed by atoms with Crippen LogP contribution in [-0.4, -0.2) is 25.6 Å². The Labute approximate surface area is 100 Å². The Bertz CT molecular complexity index is 550. The minimum atomic E-state index is -0.888. The number of carboxylic acids is 1. The van der Waals surface area contributed by atoms with Gasteiger partial charge in [0.05, 0.1) is 11.1 Å². The van der Waals surface area contributed by atoms with Gasteiger partial charge in [-0.25, -0.2) is 9.97 Å². The lowest BCUT2D eigenvalue weighted by molar-refractivity contribution is -0.137. The third-order valence-electron chi connectivity index (χ3n) is 2.33. The maximum absolute atomic E-state index is 10.7. The SMILES string of the molecule is CCc1ncnc2c1c(Br)cn2CC(=O)O. The average molecular weight is 284 g/mol. The van der Waals surface area contributed by atoms with Crippen LogP contribution in [0.2, 0.25) is 0 Å². The van der Waals surface area contributed by atoms with Crippen molar-refractivity contribution in [1.82, 2.24) is 14.5 Å². The van der Waals surface area contributed by atoms with Gasteiger partial charge in [-0.3, -0.25) is 4.79 Å². The zero-order chi connectivity index (χ0) is 11.7. The average Bonchev–Trinajstić information content (AvgIpc) is 2.55. The second-order valence-corrected chi connectivity index (χ2v) is 4.23. The molecule has 0 radical (unpaired) electrons. The molecule has 0 bridgehead atoms. The number of nitrogens with zero attached hydrogens (tertiary/aromatic N) is 3. The van der Waals surface area contributed by atoms with Crippen LogP contribution < -0.4 is 0 Å². The van der Waals surface area contributed by atoms with E-state index in [2.05, 4.69) is 25.9 Å². The Morgan fingerprint density at radius 3 is 2.94 bits per heavy atom. The van der Waals surface area contributed by atoms with E-state index in [0.717, 1.165) is 22.0 Å². The number of aryl methyl sites for hydroxylation is 1. The lowest BCUT2D eigenvalue weighted by Gasteiger charge is -2.01. The summed E-state index contributed by atoms with van der Waals surface area (Å²) in [6.07, 6.45) is 3.98. The standard InChI is InChI=1S/C10H10BrN3O2/c1-2-7-9-6(11)3-14(4-8(15)16)10(9)13-5-12-7/h3,5H,2,4H2,1H3,(H,15,16). The summed E-state index contributed by atoms with van der Waals surface area (Å²) in [5.74, 6) is -0.888. The van der Waals surface area contributed by atoms with Crippen LogP contribution in [0.4, 0.5) is 0 Å². The maximum Gasteiger partial charge on any atom is 0.323 e. The van der Waals surface area contributed by atoms with Crippen molar-refractivity contribution in [3.8, 4) is 0 Å². The van der Waals surface area contributed by atoms with E-state index < -0.39 is 5.97 Å². The van der Waals surface area contributed by atoms with E-state index in [4.69, 9.17) is 5.11 Å². The minimum absolute atomic E-state index is 0.0950. The van der Waals surface area contributed by atoms with E-state index in [9.17, 15) is 4.79 Å². The van der Waals surface area contributed by atoms with E-state index in [-0.39, 0.29) is 6.54 Å². The van der Waals surface area contributed by atoms with Crippen molar-refractivity contribution in [2.45, 2.75) is 19.9 Å². The van der Waals surface area contributed by atoms with Gasteiger partial charge in [0, 0.05) is 10.7 Å². The Morgan fingerprint density at radius 2 is 2.31 bits per heavy atom. The zero-order valence-corrected chi connectivity index (χ0v) is 10.2. The lowest BCUT2D eigenvalue weighted by Crippen LogP contribution is -2.08. The molecule has 16 heavy (non-hydrogen) atoms. The first kappa shape index (κ1) is 11.1. The first-order valence-corrected chi connectivity index (χ1v) is 5.62. The smallest absolute Gasteiger partial charge is 0.323 e. The summed E-state index contributed by atoms with van der Waals surface area (Å²) in [4.78, 5) is 19.0. The quantitative estimate of drug-likeness (QED) is 0.933. The normalized spacial score (nSPS) is 10.9. The number of carbonyl (C=O) groups is 1. The predicted octanol–water partition coefficient (Wildman–Crippen LogP) is 1.84. The Kier molecular flexibility index (Phi) is 2.91. The van der Waals surface area contributed by atoms with Crippen molar-refractivity contribution >= 4 is 32.9 Å². The third-order valence-corrected chi connectivity index (χ3v) is 2.93. The van der Waals surface area contributed by atoms with Gasteiger partial charge in [-0.1, -0.05) is 6.92 Å². The van der Waals surface area contributed by atoms with E-state index in [1.807, 2.05) is 6.92 Å². The number of hydrogen-bond acceptors (Lipinski definition) is 3. The number of fused-ring (bicyclic) bond motifs is 1. The highest BCUT2D eigenvalue weighted by Crippen LogP contribution is 2.27. The molecule has 0 amide bonds. The molecule has 0 unspecified atom stereocenters. The molecule has 0 fully saturated rings. The van der Waals surface area contributed by atoms with Crippen molar-refractivity contribution in [1.29, 1.82) is 0 Å². The first-order chi connectivity index (χ1) is 7.63. The van der Waals surface area contributed by atoms with Crippen LogP contribution in [0.3, 0.4) is 0 Å². The van der Waals surface area contributed by atoms with Crippen LogP contribution in [0.25, 0.3) is 11.0 Å². The fraction of sp³-hybridized carbons (Fsp3) is 0.300. The van der Waals surface area contributed by atoms with Crippen LogP contribution in [0.1, 0.15) is 12.6 Å². The largest absolute Gasteiger partial charge is 0.480 e. The van der Waals surface area contributed by atoms with Gasteiger partial charge in [-0.15, -0.1) is 0 Å². The summed E-state index contributed by atoms with van der Waals surface area (Å²) in [6, 6.07) is 0. The Balaban J connectivity index is 2.66. The summed E-state index contributed by atoms with van der Waals surface area (Å²) in [7, 11) is 0. The molecule has 0 aliphatic carbocycles. The summed E-state index contributed by atoms with van der Waals surface area (Å²) in [5.41, 5.74) is 1.57. The Morgan fingerprint density at radius 1 is 1.56 bits per heavy atom. The molecule has 2 heterocycles. The molecule has 0 spiro atoms. The molecule has 0 aliphatic rings. The van der Waals surface area contributed by atoms with Crippen molar-refractivity contribution in [3.05, 3.63) is 22.7 Å². The molecular formula is C10H10BrN3O2. The molecule has 0 saturated heterocycles. The van der Waals surface area contributed by atoms with Gasteiger partial charge in [-0.05, 0) is 22.4 Å². The van der Waals surface area contributed by atoms with Crippen molar-refractivity contribution < 1.29 is 9.90 Å². The molecular weight excluding hydrogens is 274 g/mol. The zero-order valence-electron chi connectivity index (χ0n) is 8.64. The second kappa shape index (κ2) is 4.21. The van der Waals surface area contributed by atoms with E-state index in [0.29, 0.717) is 5.65 Å². The highest BCUT2D eigenvalue weighted by atomic mass is 79.9. The summed E-state index contributed by atoms with van der Waals surface area (Å²) in [6.45, 7) is 1.91. The summed E-state index contributed by atoms with van der Waals surface area (Å²) >= 11 is 3.41. The van der Waals surface area contributed by atoms with Gasteiger partial charge in [0.25, 0.3) is 0 Å². The maximum atomic E-state index is 10.7. The molecule has 2 aromatic rings.